The van der Waals surface area contributed by atoms with Crippen LogP contribution < -0.4 is 0 Å². The molecule has 0 bridgehead atoms. The number of rotatable bonds is 2. The topological polar surface area (TPSA) is 58.6 Å². The van der Waals surface area contributed by atoms with Crippen molar-refractivity contribution in [3.05, 3.63) is 34.4 Å². The summed E-state index contributed by atoms with van der Waals surface area (Å²) in [5, 5.41) is 10.3. The molecular formula is C10H8BrN3O. The maximum absolute atomic E-state index is 11.3. The lowest BCUT2D eigenvalue weighted by Gasteiger charge is -2.00. The predicted molar refractivity (Wildman–Crippen MR) is 59.5 cm³/mol. The molecule has 0 saturated carbocycles. The van der Waals surface area contributed by atoms with Gasteiger partial charge in [0.15, 0.2) is 11.5 Å². The first-order valence-corrected chi connectivity index (χ1v) is 5.16. The van der Waals surface area contributed by atoms with Gasteiger partial charge >= 0.3 is 0 Å². The number of ketones is 1. The normalized spacial score (nSPS) is 10.3. The highest BCUT2D eigenvalue weighted by atomic mass is 79.9. The van der Waals surface area contributed by atoms with Gasteiger partial charge in [-0.1, -0.05) is 34.1 Å². The van der Waals surface area contributed by atoms with Gasteiger partial charge < -0.3 is 0 Å². The van der Waals surface area contributed by atoms with Crippen molar-refractivity contribution in [2.75, 3.05) is 0 Å². The van der Waals surface area contributed by atoms with E-state index >= 15 is 0 Å². The molecule has 0 amide bonds. The monoisotopic (exact) mass is 265 g/mol. The highest BCUT2D eigenvalue weighted by molar-refractivity contribution is 9.10. The molecule has 76 valence electrons. The third-order valence-electron chi connectivity index (χ3n) is 2.01. The Morgan fingerprint density at radius 2 is 2.07 bits per heavy atom. The third-order valence-corrected chi connectivity index (χ3v) is 2.70. The molecule has 15 heavy (non-hydrogen) atoms. The fourth-order valence-electron chi connectivity index (χ4n) is 1.32. The van der Waals surface area contributed by atoms with Crippen molar-refractivity contribution in [1.29, 1.82) is 0 Å². The lowest BCUT2D eigenvalue weighted by Crippen LogP contribution is -1.95. The molecule has 0 fully saturated rings. The van der Waals surface area contributed by atoms with Crippen LogP contribution in [0.5, 0.6) is 0 Å². The Morgan fingerprint density at radius 3 is 2.73 bits per heavy atom. The van der Waals surface area contributed by atoms with E-state index in [4.69, 9.17) is 0 Å². The number of aromatic amines is 1. The van der Waals surface area contributed by atoms with Crippen LogP contribution in [-0.4, -0.2) is 21.2 Å². The average Bonchev–Trinajstić information content (AvgIpc) is 2.67. The van der Waals surface area contributed by atoms with Gasteiger partial charge in [-0.3, -0.25) is 4.79 Å². The molecule has 1 N–H and O–H groups in total. The Morgan fingerprint density at radius 1 is 1.33 bits per heavy atom. The van der Waals surface area contributed by atoms with Gasteiger partial charge in [-0.2, -0.15) is 15.4 Å². The van der Waals surface area contributed by atoms with Crippen molar-refractivity contribution >= 4 is 21.7 Å². The summed E-state index contributed by atoms with van der Waals surface area (Å²) in [4.78, 5) is 11.3. The summed E-state index contributed by atoms with van der Waals surface area (Å²) in [5.74, 6) is -0.102. The quantitative estimate of drug-likeness (QED) is 0.849. The second-order valence-corrected chi connectivity index (χ2v) is 3.91. The smallest absolute Gasteiger partial charge is 0.182 e. The van der Waals surface area contributed by atoms with E-state index in [0.29, 0.717) is 11.4 Å². The molecule has 2 rings (SSSR count). The number of hydrogen-bond donors (Lipinski definition) is 1. The first-order chi connectivity index (χ1) is 7.20. The molecule has 1 heterocycles. The number of aromatic nitrogens is 3. The van der Waals surface area contributed by atoms with Crippen molar-refractivity contribution in [1.82, 2.24) is 15.4 Å². The number of Topliss-reactive ketones (excluding diaryl/α,β-unsaturated/α-hetero) is 1. The molecule has 0 spiro atoms. The van der Waals surface area contributed by atoms with E-state index in [1.165, 1.54) is 6.92 Å². The summed E-state index contributed by atoms with van der Waals surface area (Å²) >= 11 is 3.41. The largest absolute Gasteiger partial charge is 0.293 e. The van der Waals surface area contributed by atoms with Crippen LogP contribution >= 0.6 is 15.9 Å². The standard InChI is InChI=1S/C10H8BrN3O/c1-6(15)9-10(13-14-12-9)7-4-2-3-5-8(7)11/h2-5H,1H3,(H,12,13,14). The van der Waals surface area contributed by atoms with E-state index in [1.54, 1.807) is 0 Å². The van der Waals surface area contributed by atoms with Gasteiger partial charge in [0, 0.05) is 17.0 Å². The fourth-order valence-corrected chi connectivity index (χ4v) is 1.79. The summed E-state index contributed by atoms with van der Waals surface area (Å²) in [6.45, 7) is 1.47. The molecule has 1 aromatic heterocycles. The number of hydrogen-bond acceptors (Lipinski definition) is 3. The van der Waals surface area contributed by atoms with Gasteiger partial charge in [-0.25, -0.2) is 0 Å². The van der Waals surface area contributed by atoms with Crippen molar-refractivity contribution in [2.45, 2.75) is 6.92 Å². The number of carbonyl (C=O) groups excluding carboxylic acids is 1. The zero-order valence-electron chi connectivity index (χ0n) is 7.99. The van der Waals surface area contributed by atoms with Crippen LogP contribution in [0.25, 0.3) is 11.3 Å². The average molecular weight is 266 g/mol. The fraction of sp³-hybridized carbons (Fsp3) is 0.100. The summed E-state index contributed by atoms with van der Waals surface area (Å²) in [7, 11) is 0. The number of carbonyl (C=O) groups is 1. The molecule has 0 unspecified atom stereocenters. The van der Waals surface area contributed by atoms with Crippen LogP contribution in [0.2, 0.25) is 0 Å². The highest BCUT2D eigenvalue weighted by Gasteiger charge is 2.15. The van der Waals surface area contributed by atoms with Gasteiger partial charge in [0.25, 0.3) is 0 Å². The molecule has 0 radical (unpaired) electrons. The molecule has 0 aliphatic carbocycles. The Labute approximate surface area is 94.8 Å². The van der Waals surface area contributed by atoms with Gasteiger partial charge in [-0.15, -0.1) is 0 Å². The minimum atomic E-state index is -0.102. The highest BCUT2D eigenvalue weighted by Crippen LogP contribution is 2.27. The number of nitrogens with zero attached hydrogens (tertiary/aromatic N) is 2. The lowest BCUT2D eigenvalue weighted by atomic mass is 10.1. The molecule has 0 atom stereocenters. The number of H-pyrrole nitrogens is 1. The van der Waals surface area contributed by atoms with Crippen molar-refractivity contribution < 1.29 is 4.79 Å². The first kappa shape index (κ1) is 10.0. The number of halogens is 1. The van der Waals surface area contributed by atoms with Gasteiger partial charge in [0.05, 0.1) is 0 Å². The van der Waals surface area contributed by atoms with Crippen LogP contribution in [0.4, 0.5) is 0 Å². The zero-order valence-corrected chi connectivity index (χ0v) is 9.58. The van der Waals surface area contributed by atoms with Crippen LogP contribution in [0.1, 0.15) is 17.4 Å². The second kappa shape index (κ2) is 3.94. The third kappa shape index (κ3) is 1.83. The molecular weight excluding hydrogens is 258 g/mol. The molecule has 2 aromatic rings. The van der Waals surface area contributed by atoms with Crippen LogP contribution in [-0.2, 0) is 0 Å². The van der Waals surface area contributed by atoms with E-state index in [0.717, 1.165) is 10.0 Å². The minimum Gasteiger partial charge on any atom is -0.293 e. The van der Waals surface area contributed by atoms with Gasteiger partial charge in [-0.05, 0) is 6.07 Å². The van der Waals surface area contributed by atoms with Gasteiger partial charge in [0.2, 0.25) is 0 Å². The van der Waals surface area contributed by atoms with Crippen LogP contribution in [0, 0.1) is 0 Å². The summed E-state index contributed by atoms with van der Waals surface area (Å²) in [6, 6.07) is 7.57. The van der Waals surface area contributed by atoms with E-state index in [9.17, 15) is 4.79 Å². The Balaban J connectivity index is 2.59. The molecule has 4 nitrogen and oxygen atoms in total. The molecule has 1 aromatic carbocycles. The summed E-state index contributed by atoms with van der Waals surface area (Å²) in [6.07, 6.45) is 0. The zero-order chi connectivity index (χ0) is 10.8. The lowest BCUT2D eigenvalue weighted by molar-refractivity contribution is 0.101. The number of benzene rings is 1. The van der Waals surface area contributed by atoms with E-state index in [2.05, 4.69) is 31.3 Å². The van der Waals surface area contributed by atoms with Gasteiger partial charge in [0.1, 0.15) is 5.69 Å². The Bertz CT molecular complexity index is 507. The maximum atomic E-state index is 11.3. The first-order valence-electron chi connectivity index (χ1n) is 4.36. The predicted octanol–water partition coefficient (Wildman–Crippen LogP) is 2.44. The summed E-state index contributed by atoms with van der Waals surface area (Å²) < 4.78 is 0.890. The van der Waals surface area contributed by atoms with Crippen molar-refractivity contribution in [3.8, 4) is 11.3 Å². The van der Waals surface area contributed by atoms with Crippen LogP contribution in [0.3, 0.4) is 0 Å². The summed E-state index contributed by atoms with van der Waals surface area (Å²) in [5.41, 5.74) is 1.80. The number of nitrogens with one attached hydrogen (secondary N) is 1. The minimum absolute atomic E-state index is 0.102. The maximum Gasteiger partial charge on any atom is 0.182 e. The van der Waals surface area contributed by atoms with E-state index < -0.39 is 0 Å². The van der Waals surface area contributed by atoms with E-state index in [-0.39, 0.29) is 5.78 Å². The molecule has 0 aliphatic heterocycles. The molecule has 5 heteroatoms. The van der Waals surface area contributed by atoms with Crippen molar-refractivity contribution in [2.24, 2.45) is 0 Å². The van der Waals surface area contributed by atoms with Crippen molar-refractivity contribution in [3.63, 3.8) is 0 Å². The second-order valence-electron chi connectivity index (χ2n) is 3.06. The Hall–Kier alpha value is -1.49. The molecule has 0 saturated heterocycles. The SMILES string of the molecule is CC(=O)c1n[nH]nc1-c1ccccc1Br. The van der Waals surface area contributed by atoms with Crippen LogP contribution in [0.15, 0.2) is 28.7 Å². The van der Waals surface area contributed by atoms with E-state index in [1.807, 2.05) is 24.3 Å². The Kier molecular flexibility index (Phi) is 2.64. The molecule has 0 aliphatic rings.